The third-order valence-corrected chi connectivity index (χ3v) is 4.68. The van der Waals surface area contributed by atoms with Gasteiger partial charge in [-0.15, -0.1) is 0 Å². The predicted octanol–water partition coefficient (Wildman–Crippen LogP) is 2.02. The van der Waals surface area contributed by atoms with Crippen molar-refractivity contribution in [2.45, 2.75) is 13.5 Å². The molecule has 0 N–H and O–H groups in total. The molecule has 1 aromatic heterocycles. The van der Waals surface area contributed by atoms with Gasteiger partial charge in [0, 0.05) is 39.3 Å². The zero-order valence-corrected chi connectivity index (χ0v) is 15.0. The van der Waals surface area contributed by atoms with E-state index in [1.165, 1.54) is 0 Å². The Morgan fingerprint density at radius 2 is 1.85 bits per heavy atom. The molecule has 2 amide bonds. The topological polar surface area (TPSA) is 56.8 Å². The van der Waals surface area contributed by atoms with E-state index >= 15 is 0 Å². The second-order valence-electron chi connectivity index (χ2n) is 6.33. The monoisotopic (exact) mass is 352 g/mol. The van der Waals surface area contributed by atoms with Crippen molar-refractivity contribution in [2.24, 2.45) is 0 Å². The summed E-state index contributed by atoms with van der Waals surface area (Å²) < 4.78 is 0. The predicted molar refractivity (Wildman–Crippen MR) is 101 cm³/mol. The average Bonchev–Trinajstić information content (AvgIpc) is 2.72. The van der Waals surface area contributed by atoms with Gasteiger partial charge in [-0.1, -0.05) is 30.3 Å². The van der Waals surface area contributed by atoms with Crippen molar-refractivity contribution in [1.82, 2.24) is 14.8 Å². The molecule has 1 aliphatic rings. The summed E-state index contributed by atoms with van der Waals surface area (Å²) in [6.45, 7) is 6.17. The number of nitrogens with zero attached hydrogens (tertiary/aromatic N) is 4. The number of carbonyl (C=O) groups excluding carboxylic acids is 2. The molecule has 136 valence electrons. The molecule has 0 aliphatic carbocycles. The van der Waals surface area contributed by atoms with Gasteiger partial charge >= 0.3 is 0 Å². The van der Waals surface area contributed by atoms with Crippen molar-refractivity contribution in [3.63, 3.8) is 0 Å². The van der Waals surface area contributed by atoms with Gasteiger partial charge < -0.3 is 14.7 Å². The van der Waals surface area contributed by atoms with E-state index in [2.05, 4.69) is 9.88 Å². The van der Waals surface area contributed by atoms with Gasteiger partial charge in [0.1, 0.15) is 5.69 Å². The third kappa shape index (κ3) is 4.20. The first kappa shape index (κ1) is 17.9. The van der Waals surface area contributed by atoms with Crippen LogP contribution >= 0.6 is 0 Å². The Balaban J connectivity index is 1.65. The van der Waals surface area contributed by atoms with Gasteiger partial charge in [0.05, 0.1) is 11.9 Å². The lowest BCUT2D eigenvalue weighted by molar-refractivity contribution is -0.118. The lowest BCUT2D eigenvalue weighted by Gasteiger charge is -2.33. The van der Waals surface area contributed by atoms with Crippen LogP contribution in [0.3, 0.4) is 0 Å². The van der Waals surface area contributed by atoms with Crippen molar-refractivity contribution >= 4 is 18.0 Å². The molecule has 0 radical (unpaired) electrons. The van der Waals surface area contributed by atoms with Crippen LogP contribution in [0.25, 0.3) is 0 Å². The molecule has 2 aromatic rings. The minimum absolute atomic E-state index is 0.0614. The number of rotatable bonds is 6. The molecule has 2 heterocycles. The molecule has 0 atom stereocenters. The van der Waals surface area contributed by atoms with Crippen LogP contribution in [0, 0.1) is 0 Å². The molecule has 1 saturated heterocycles. The lowest BCUT2D eigenvalue weighted by Crippen LogP contribution is -2.45. The fourth-order valence-corrected chi connectivity index (χ4v) is 3.08. The van der Waals surface area contributed by atoms with Gasteiger partial charge in [-0.2, -0.15) is 0 Å². The Bertz CT molecular complexity index is 725. The van der Waals surface area contributed by atoms with E-state index in [9.17, 15) is 9.59 Å². The van der Waals surface area contributed by atoms with Gasteiger partial charge in [-0.25, -0.2) is 4.98 Å². The molecular formula is C20H24N4O2. The van der Waals surface area contributed by atoms with E-state index in [1.807, 2.05) is 43.3 Å². The van der Waals surface area contributed by atoms with E-state index < -0.39 is 0 Å². The van der Waals surface area contributed by atoms with Gasteiger partial charge in [0.15, 0.2) is 0 Å². The summed E-state index contributed by atoms with van der Waals surface area (Å²) in [5, 5.41) is 0. The maximum absolute atomic E-state index is 12.8. The second-order valence-corrected chi connectivity index (χ2v) is 6.33. The summed E-state index contributed by atoms with van der Waals surface area (Å²) >= 11 is 0. The fraction of sp³-hybridized carbons (Fsp3) is 0.350. The van der Waals surface area contributed by atoms with Crippen LogP contribution in [0.2, 0.25) is 0 Å². The van der Waals surface area contributed by atoms with E-state index in [0.717, 1.165) is 30.8 Å². The van der Waals surface area contributed by atoms with Crippen LogP contribution in [-0.4, -0.2) is 59.8 Å². The Kier molecular flexibility index (Phi) is 5.84. The summed E-state index contributed by atoms with van der Waals surface area (Å²) in [5.74, 6) is -0.0614. The molecule has 1 fully saturated rings. The molecular weight excluding hydrogens is 328 g/mol. The molecule has 0 bridgehead atoms. The van der Waals surface area contributed by atoms with Crippen LogP contribution in [0.4, 0.5) is 5.69 Å². The Morgan fingerprint density at radius 1 is 1.12 bits per heavy atom. The molecule has 6 nitrogen and oxygen atoms in total. The van der Waals surface area contributed by atoms with Gasteiger partial charge in [-0.3, -0.25) is 9.59 Å². The number of amides is 2. The van der Waals surface area contributed by atoms with Crippen LogP contribution in [0.5, 0.6) is 0 Å². The highest BCUT2D eigenvalue weighted by Crippen LogP contribution is 2.16. The fourth-order valence-electron chi connectivity index (χ4n) is 3.08. The minimum Gasteiger partial charge on any atom is -0.367 e. The Hall–Kier alpha value is -2.89. The second kappa shape index (κ2) is 8.47. The molecule has 0 unspecified atom stereocenters. The quantitative estimate of drug-likeness (QED) is 0.747. The van der Waals surface area contributed by atoms with E-state index in [4.69, 9.17) is 0 Å². The van der Waals surface area contributed by atoms with Crippen LogP contribution in [-0.2, 0) is 11.3 Å². The molecule has 0 spiro atoms. The highest BCUT2D eigenvalue weighted by molar-refractivity contribution is 5.92. The van der Waals surface area contributed by atoms with Crippen molar-refractivity contribution in [2.75, 3.05) is 37.6 Å². The van der Waals surface area contributed by atoms with Gasteiger partial charge in [0.2, 0.25) is 6.41 Å². The highest BCUT2D eigenvalue weighted by Gasteiger charge is 2.18. The first-order valence-corrected chi connectivity index (χ1v) is 8.95. The number of piperazine rings is 1. The summed E-state index contributed by atoms with van der Waals surface area (Å²) in [6.07, 6.45) is 2.64. The molecule has 6 heteroatoms. The van der Waals surface area contributed by atoms with Crippen LogP contribution in [0.15, 0.2) is 48.7 Å². The number of hydrogen-bond acceptors (Lipinski definition) is 4. The summed E-state index contributed by atoms with van der Waals surface area (Å²) in [5.41, 5.74) is 2.55. The smallest absolute Gasteiger partial charge is 0.272 e. The molecule has 26 heavy (non-hydrogen) atoms. The molecule has 0 saturated carbocycles. The molecule has 3 rings (SSSR count). The van der Waals surface area contributed by atoms with E-state index in [-0.39, 0.29) is 5.91 Å². The van der Waals surface area contributed by atoms with Crippen molar-refractivity contribution < 1.29 is 9.59 Å². The van der Waals surface area contributed by atoms with Crippen molar-refractivity contribution in [1.29, 1.82) is 0 Å². The van der Waals surface area contributed by atoms with Gasteiger partial charge in [-0.05, 0) is 24.6 Å². The minimum atomic E-state index is -0.0614. The number of hydrogen-bond donors (Lipinski definition) is 0. The summed E-state index contributed by atoms with van der Waals surface area (Å²) in [6, 6.07) is 13.7. The van der Waals surface area contributed by atoms with Crippen molar-refractivity contribution in [3.05, 3.63) is 59.9 Å². The highest BCUT2D eigenvalue weighted by atomic mass is 16.2. The summed E-state index contributed by atoms with van der Waals surface area (Å²) in [7, 11) is 0. The van der Waals surface area contributed by atoms with Crippen LogP contribution < -0.4 is 4.90 Å². The number of carbonyl (C=O) groups is 2. The third-order valence-electron chi connectivity index (χ3n) is 4.68. The molecule has 1 aromatic carbocycles. The Labute approximate surface area is 154 Å². The SMILES string of the molecule is CCN(Cc1ccccc1)C(=O)c1ccc(N2CCN(C=O)CC2)cn1. The average molecular weight is 352 g/mol. The van der Waals surface area contributed by atoms with Gasteiger partial charge in [0.25, 0.3) is 5.91 Å². The standard InChI is InChI=1S/C20H24N4O2/c1-2-23(15-17-6-4-3-5-7-17)20(26)19-9-8-18(14-21-19)24-12-10-22(16-25)11-13-24/h3-9,14,16H,2,10-13,15H2,1H3. The normalized spacial score (nSPS) is 14.2. The van der Waals surface area contributed by atoms with E-state index in [1.54, 1.807) is 22.1 Å². The molecule has 1 aliphatic heterocycles. The summed E-state index contributed by atoms with van der Waals surface area (Å²) in [4.78, 5) is 33.7. The Morgan fingerprint density at radius 3 is 2.42 bits per heavy atom. The largest absolute Gasteiger partial charge is 0.367 e. The lowest BCUT2D eigenvalue weighted by atomic mass is 10.2. The maximum Gasteiger partial charge on any atom is 0.272 e. The zero-order valence-electron chi connectivity index (χ0n) is 15.0. The number of aromatic nitrogens is 1. The number of anilines is 1. The number of pyridine rings is 1. The van der Waals surface area contributed by atoms with E-state index in [0.29, 0.717) is 31.9 Å². The maximum atomic E-state index is 12.8. The van der Waals surface area contributed by atoms with Crippen LogP contribution in [0.1, 0.15) is 23.0 Å². The van der Waals surface area contributed by atoms with Crippen molar-refractivity contribution in [3.8, 4) is 0 Å². The number of benzene rings is 1. The first-order valence-electron chi connectivity index (χ1n) is 8.95. The zero-order chi connectivity index (χ0) is 18.4. The first-order chi connectivity index (χ1) is 12.7.